The molecule has 1 unspecified atom stereocenters. The van der Waals surface area contributed by atoms with E-state index >= 15 is 0 Å². The first-order valence-electron chi connectivity index (χ1n) is 5.08. The van der Waals surface area contributed by atoms with Crippen molar-refractivity contribution in [3.05, 3.63) is 0 Å². The van der Waals surface area contributed by atoms with Crippen LogP contribution in [-0.2, 0) is 0 Å². The van der Waals surface area contributed by atoms with Crippen molar-refractivity contribution in [2.45, 2.75) is 46.3 Å². The van der Waals surface area contributed by atoms with Gasteiger partial charge in [-0.3, -0.25) is 0 Å². The predicted octanol–water partition coefficient (Wildman–Crippen LogP) is 3.22. The van der Waals surface area contributed by atoms with Gasteiger partial charge in [-0.1, -0.05) is 0 Å². The van der Waals surface area contributed by atoms with Crippen molar-refractivity contribution in [1.29, 1.82) is 0 Å². The Morgan fingerprint density at radius 3 is 2.50 bits per heavy atom. The summed E-state index contributed by atoms with van der Waals surface area (Å²) in [5.41, 5.74) is 0. The Kier molecular flexibility index (Phi) is 3.70. The van der Waals surface area contributed by atoms with Gasteiger partial charge in [-0.2, -0.15) is 0 Å². The summed E-state index contributed by atoms with van der Waals surface area (Å²) >= 11 is 2.60. The molecule has 0 aromatic rings. The van der Waals surface area contributed by atoms with Crippen LogP contribution < -0.4 is 0 Å². The van der Waals surface area contributed by atoms with Gasteiger partial charge in [-0.05, 0) is 0 Å². The third kappa shape index (κ3) is 3.13. The fourth-order valence-corrected chi connectivity index (χ4v) is 7.42. The summed E-state index contributed by atoms with van der Waals surface area (Å²) < 4.78 is 2.88. The molecule has 1 atom stereocenters. The monoisotopic (exact) mass is 300 g/mol. The van der Waals surface area contributed by atoms with Crippen molar-refractivity contribution < 1.29 is 0 Å². The van der Waals surface area contributed by atoms with Crippen LogP contribution in [-0.4, -0.2) is 31.9 Å². The van der Waals surface area contributed by atoms with Gasteiger partial charge in [0.05, 0.1) is 0 Å². The molecule has 70 valence electrons. The zero-order valence-corrected chi connectivity index (χ0v) is 10.9. The summed E-state index contributed by atoms with van der Waals surface area (Å²) in [7, 11) is 0. The molecule has 1 aliphatic heterocycles. The van der Waals surface area contributed by atoms with Gasteiger partial charge in [0.25, 0.3) is 0 Å². The van der Waals surface area contributed by atoms with Crippen molar-refractivity contribution in [3.8, 4) is 0 Å². The van der Waals surface area contributed by atoms with Crippen LogP contribution in [0.3, 0.4) is 0 Å². The van der Waals surface area contributed by atoms with E-state index in [2.05, 4.69) is 18.7 Å². The van der Waals surface area contributed by atoms with Gasteiger partial charge < -0.3 is 0 Å². The van der Waals surface area contributed by atoms with E-state index in [1.807, 2.05) is 0 Å². The molecule has 0 radical (unpaired) electrons. The summed E-state index contributed by atoms with van der Waals surface area (Å²) in [5.74, 6) is 2.54. The average molecular weight is 298 g/mol. The molecule has 1 heterocycles. The van der Waals surface area contributed by atoms with Crippen LogP contribution in [0.2, 0.25) is 8.43 Å². The third-order valence-corrected chi connectivity index (χ3v) is 8.90. The maximum atomic E-state index is 2.42. The Hall–Kier alpha value is 1.14. The first-order chi connectivity index (χ1) is 5.84. The van der Waals surface area contributed by atoms with E-state index in [9.17, 15) is 0 Å². The van der Waals surface area contributed by atoms with Gasteiger partial charge >= 0.3 is 90.6 Å². The maximum absolute atomic E-state index is 2.42. The topological polar surface area (TPSA) is 0 Å². The van der Waals surface area contributed by atoms with Crippen LogP contribution in [0.1, 0.15) is 32.6 Å². The second-order valence-electron chi connectivity index (χ2n) is 4.17. The van der Waals surface area contributed by atoms with Gasteiger partial charge in [0.15, 0.2) is 0 Å². The summed E-state index contributed by atoms with van der Waals surface area (Å²) in [5, 5.41) is 1.13. The van der Waals surface area contributed by atoms with Crippen molar-refractivity contribution in [2.75, 3.05) is 5.75 Å². The van der Waals surface area contributed by atoms with Crippen LogP contribution in [0.5, 0.6) is 0 Å². The van der Waals surface area contributed by atoms with E-state index in [0.717, 1.165) is 11.2 Å². The normalized spacial score (nSPS) is 41.2. The zero-order chi connectivity index (χ0) is 8.39. The molecule has 2 aliphatic rings. The third-order valence-electron chi connectivity index (χ3n) is 2.88. The average Bonchev–Trinajstić information content (AvgIpc) is 2.87. The van der Waals surface area contributed by atoms with Crippen LogP contribution in [0.4, 0.5) is 0 Å². The Labute approximate surface area is 90.3 Å². The number of hydrogen-bond acceptors (Lipinski definition) is 1. The Morgan fingerprint density at radius 1 is 1.25 bits per heavy atom. The number of hydrogen-bond donors (Lipinski definition) is 0. The van der Waals surface area contributed by atoms with Crippen LogP contribution in [0.25, 0.3) is 0 Å². The van der Waals surface area contributed by atoms with Gasteiger partial charge in [0.2, 0.25) is 0 Å². The van der Waals surface area contributed by atoms with E-state index in [-0.39, 0.29) is 0 Å². The standard InChI is InChI=1S/C10H18STe/c1-8-2-4-10(5-3-8)12-7-9-6-11-9/h8-10H,2-7H2,1H3. The summed E-state index contributed by atoms with van der Waals surface area (Å²) in [6.45, 7) is 2.42. The van der Waals surface area contributed by atoms with Crippen LogP contribution >= 0.6 is 11.8 Å². The minimum atomic E-state index is 0.414. The van der Waals surface area contributed by atoms with Crippen molar-refractivity contribution in [3.63, 3.8) is 0 Å². The summed E-state index contributed by atoms with van der Waals surface area (Å²) in [4.78, 5) is 0. The molecule has 0 spiro atoms. The zero-order valence-electron chi connectivity index (χ0n) is 7.79. The fraction of sp³-hybridized carbons (Fsp3) is 1.00. The quantitative estimate of drug-likeness (QED) is 0.569. The molecule has 0 nitrogen and oxygen atoms in total. The molecule has 1 saturated heterocycles. The second kappa shape index (κ2) is 4.58. The number of thioether (sulfide) groups is 1. The SMILES string of the molecule is CC1CCC([Te]CC2CS2)CC1. The Balaban J connectivity index is 1.60. The van der Waals surface area contributed by atoms with Gasteiger partial charge in [-0.15, -0.1) is 0 Å². The molecule has 0 amide bonds. The van der Waals surface area contributed by atoms with Gasteiger partial charge in [-0.25, -0.2) is 0 Å². The van der Waals surface area contributed by atoms with Crippen LogP contribution in [0, 0.1) is 5.92 Å². The van der Waals surface area contributed by atoms with Crippen LogP contribution in [0.15, 0.2) is 0 Å². The second-order valence-corrected chi connectivity index (χ2v) is 9.31. The predicted molar refractivity (Wildman–Crippen MR) is 58.2 cm³/mol. The van der Waals surface area contributed by atoms with E-state index < -0.39 is 0 Å². The molecular weight excluding hydrogens is 280 g/mol. The summed E-state index contributed by atoms with van der Waals surface area (Å²) in [6, 6.07) is 0. The van der Waals surface area contributed by atoms with Crippen molar-refractivity contribution in [1.82, 2.24) is 0 Å². The summed E-state index contributed by atoms with van der Waals surface area (Å²) in [6.07, 6.45) is 6.24. The Morgan fingerprint density at radius 2 is 1.92 bits per heavy atom. The van der Waals surface area contributed by atoms with Crippen molar-refractivity contribution in [2.24, 2.45) is 5.92 Å². The molecule has 0 N–H and O–H groups in total. The van der Waals surface area contributed by atoms with Crippen molar-refractivity contribution >= 4 is 32.7 Å². The molecule has 1 saturated carbocycles. The van der Waals surface area contributed by atoms with Gasteiger partial charge in [0, 0.05) is 0 Å². The van der Waals surface area contributed by atoms with Gasteiger partial charge in [0.1, 0.15) is 0 Å². The molecule has 12 heavy (non-hydrogen) atoms. The molecular formula is C10H18STe. The number of rotatable bonds is 3. The molecule has 0 aromatic carbocycles. The molecule has 2 heteroatoms. The van der Waals surface area contributed by atoms with E-state index in [0.29, 0.717) is 20.9 Å². The van der Waals surface area contributed by atoms with E-state index in [1.54, 1.807) is 17.3 Å². The Bertz CT molecular complexity index is 137. The van der Waals surface area contributed by atoms with E-state index in [1.165, 1.54) is 22.6 Å². The molecule has 0 bridgehead atoms. The molecule has 2 fully saturated rings. The first-order valence-corrected chi connectivity index (χ1v) is 9.12. The molecule has 0 aromatic heterocycles. The first kappa shape index (κ1) is 9.69. The molecule has 1 aliphatic carbocycles. The molecule has 2 rings (SSSR count). The fourth-order valence-electron chi connectivity index (χ4n) is 1.80. The minimum absolute atomic E-state index is 0.414. The van der Waals surface area contributed by atoms with E-state index in [4.69, 9.17) is 0 Å².